The first-order valence-corrected chi connectivity index (χ1v) is 5.05. The predicted molar refractivity (Wildman–Crippen MR) is 59.7 cm³/mol. The number of halogens is 1. The van der Waals surface area contributed by atoms with E-state index in [1.54, 1.807) is 12.1 Å². The van der Waals surface area contributed by atoms with E-state index in [0.717, 1.165) is 11.1 Å². The van der Waals surface area contributed by atoms with E-state index < -0.39 is 5.95 Å². The Hall–Kier alpha value is -1.90. The molecule has 0 aliphatic heterocycles. The van der Waals surface area contributed by atoms with Crippen LogP contribution in [0.25, 0.3) is 0 Å². The van der Waals surface area contributed by atoms with Crippen molar-refractivity contribution in [3.05, 3.63) is 59.7 Å². The zero-order valence-electron chi connectivity index (χ0n) is 8.98. The topological polar surface area (TPSA) is 22.1 Å². The van der Waals surface area contributed by atoms with Crippen LogP contribution in [0.15, 0.2) is 42.6 Å². The second-order valence-corrected chi connectivity index (χ2v) is 3.51. The molecule has 2 nitrogen and oxygen atoms in total. The lowest BCUT2D eigenvalue weighted by atomic mass is 10.1. The highest BCUT2D eigenvalue weighted by molar-refractivity contribution is 5.26. The van der Waals surface area contributed by atoms with E-state index in [1.165, 1.54) is 6.20 Å². The van der Waals surface area contributed by atoms with E-state index in [0.29, 0.717) is 6.61 Å². The van der Waals surface area contributed by atoms with Gasteiger partial charge in [-0.05, 0) is 30.2 Å². The zero-order valence-corrected chi connectivity index (χ0v) is 8.98. The predicted octanol–water partition coefficient (Wildman–Crippen LogP) is 3.11. The second-order valence-electron chi connectivity index (χ2n) is 3.51. The molecule has 0 N–H and O–H groups in total. The molecule has 0 fully saturated rings. The molecule has 2 rings (SSSR count). The molecular formula is C13H12FNO. The summed E-state index contributed by atoms with van der Waals surface area (Å²) < 4.78 is 18.5. The molecule has 2 aromatic rings. The van der Waals surface area contributed by atoms with Crippen LogP contribution in [0.4, 0.5) is 4.39 Å². The molecule has 0 amide bonds. The molecule has 0 atom stereocenters. The minimum Gasteiger partial charge on any atom is -0.484 e. The Kier molecular flexibility index (Phi) is 3.15. The molecule has 0 aliphatic carbocycles. The fourth-order valence-corrected chi connectivity index (χ4v) is 1.41. The Bertz CT molecular complexity index is 439. The second kappa shape index (κ2) is 4.75. The Morgan fingerprint density at radius 3 is 2.75 bits per heavy atom. The molecule has 0 unspecified atom stereocenters. The van der Waals surface area contributed by atoms with Crippen LogP contribution in [0.3, 0.4) is 0 Å². The van der Waals surface area contributed by atoms with Crippen LogP contribution in [0, 0.1) is 12.9 Å². The van der Waals surface area contributed by atoms with Crippen LogP contribution in [-0.2, 0) is 6.61 Å². The van der Waals surface area contributed by atoms with Gasteiger partial charge >= 0.3 is 0 Å². The van der Waals surface area contributed by atoms with E-state index in [9.17, 15) is 4.39 Å². The van der Waals surface area contributed by atoms with Gasteiger partial charge in [0, 0.05) is 6.20 Å². The molecule has 82 valence electrons. The number of aromatic nitrogens is 1. The summed E-state index contributed by atoms with van der Waals surface area (Å²) in [6.45, 7) is 2.35. The van der Waals surface area contributed by atoms with E-state index in [1.807, 2.05) is 31.2 Å². The summed E-state index contributed by atoms with van der Waals surface area (Å²) in [6, 6.07) is 11.1. The molecule has 1 aromatic carbocycles. The maximum absolute atomic E-state index is 13.2. The Morgan fingerprint density at radius 1 is 1.19 bits per heavy atom. The molecule has 1 heterocycles. The van der Waals surface area contributed by atoms with Gasteiger partial charge in [0.15, 0.2) is 5.75 Å². The molecule has 0 spiro atoms. The van der Waals surface area contributed by atoms with Gasteiger partial charge in [-0.1, -0.05) is 24.3 Å². The van der Waals surface area contributed by atoms with E-state index in [-0.39, 0.29) is 5.75 Å². The van der Waals surface area contributed by atoms with E-state index in [4.69, 9.17) is 4.74 Å². The van der Waals surface area contributed by atoms with Crippen molar-refractivity contribution in [3.8, 4) is 5.75 Å². The fraction of sp³-hybridized carbons (Fsp3) is 0.154. The highest BCUT2D eigenvalue weighted by atomic mass is 19.1. The van der Waals surface area contributed by atoms with Crippen molar-refractivity contribution in [2.45, 2.75) is 13.5 Å². The number of benzene rings is 1. The van der Waals surface area contributed by atoms with Crippen molar-refractivity contribution < 1.29 is 9.13 Å². The van der Waals surface area contributed by atoms with Gasteiger partial charge in [0.2, 0.25) is 0 Å². The number of rotatable bonds is 3. The lowest BCUT2D eigenvalue weighted by molar-refractivity contribution is 0.285. The van der Waals surface area contributed by atoms with Crippen LogP contribution in [-0.4, -0.2) is 4.98 Å². The van der Waals surface area contributed by atoms with Crippen molar-refractivity contribution in [2.75, 3.05) is 0 Å². The van der Waals surface area contributed by atoms with Crippen LogP contribution >= 0.6 is 0 Å². The van der Waals surface area contributed by atoms with Gasteiger partial charge in [0.25, 0.3) is 5.95 Å². The van der Waals surface area contributed by atoms with Gasteiger partial charge in [-0.15, -0.1) is 0 Å². The molecule has 16 heavy (non-hydrogen) atoms. The quantitative estimate of drug-likeness (QED) is 0.737. The Morgan fingerprint density at radius 2 is 2.00 bits per heavy atom. The third-order valence-electron chi connectivity index (χ3n) is 2.37. The monoisotopic (exact) mass is 217 g/mol. The highest BCUT2D eigenvalue weighted by Crippen LogP contribution is 2.16. The number of hydrogen-bond acceptors (Lipinski definition) is 2. The molecular weight excluding hydrogens is 205 g/mol. The maximum Gasteiger partial charge on any atom is 0.255 e. The first kappa shape index (κ1) is 10.6. The Labute approximate surface area is 93.7 Å². The third-order valence-corrected chi connectivity index (χ3v) is 2.37. The average Bonchev–Trinajstić information content (AvgIpc) is 2.30. The summed E-state index contributed by atoms with van der Waals surface area (Å²) in [5, 5.41) is 0. The summed E-state index contributed by atoms with van der Waals surface area (Å²) in [5.74, 6) is -0.387. The first-order chi connectivity index (χ1) is 7.77. The summed E-state index contributed by atoms with van der Waals surface area (Å²) in [4.78, 5) is 3.52. The van der Waals surface area contributed by atoms with Crippen LogP contribution in [0.2, 0.25) is 0 Å². The first-order valence-electron chi connectivity index (χ1n) is 5.05. The van der Waals surface area contributed by atoms with Gasteiger partial charge in [-0.2, -0.15) is 4.39 Å². The summed E-state index contributed by atoms with van der Waals surface area (Å²) in [5.41, 5.74) is 2.18. The maximum atomic E-state index is 13.2. The summed E-state index contributed by atoms with van der Waals surface area (Å²) in [7, 11) is 0. The van der Waals surface area contributed by atoms with E-state index >= 15 is 0 Å². The number of ether oxygens (including phenoxy) is 1. The normalized spacial score (nSPS) is 10.1. The lowest BCUT2D eigenvalue weighted by Crippen LogP contribution is -1.99. The number of aryl methyl sites for hydroxylation is 1. The molecule has 0 aliphatic rings. The summed E-state index contributed by atoms with van der Waals surface area (Å²) >= 11 is 0. The minimum atomic E-state index is -0.573. The minimum absolute atomic E-state index is 0.186. The lowest BCUT2D eigenvalue weighted by Gasteiger charge is -2.08. The number of hydrogen-bond donors (Lipinski definition) is 0. The van der Waals surface area contributed by atoms with Gasteiger partial charge in [0.05, 0.1) is 0 Å². The van der Waals surface area contributed by atoms with Gasteiger partial charge in [0.1, 0.15) is 6.61 Å². The molecule has 0 saturated carbocycles. The van der Waals surface area contributed by atoms with Crippen LogP contribution in [0.1, 0.15) is 11.1 Å². The van der Waals surface area contributed by atoms with Crippen molar-refractivity contribution in [1.82, 2.24) is 4.98 Å². The zero-order chi connectivity index (χ0) is 11.4. The van der Waals surface area contributed by atoms with Gasteiger partial charge in [-0.3, -0.25) is 0 Å². The molecule has 0 saturated heterocycles. The average molecular weight is 217 g/mol. The SMILES string of the molecule is Cc1ccccc1COc1cccnc1F. The van der Waals surface area contributed by atoms with Crippen molar-refractivity contribution in [3.63, 3.8) is 0 Å². The molecule has 3 heteroatoms. The number of pyridine rings is 1. The van der Waals surface area contributed by atoms with Gasteiger partial charge < -0.3 is 4.74 Å². The molecule has 1 aromatic heterocycles. The largest absolute Gasteiger partial charge is 0.484 e. The molecule has 0 radical (unpaired) electrons. The van der Waals surface area contributed by atoms with Crippen LogP contribution < -0.4 is 4.74 Å². The summed E-state index contributed by atoms with van der Waals surface area (Å²) in [6.07, 6.45) is 1.40. The fourth-order valence-electron chi connectivity index (χ4n) is 1.41. The third kappa shape index (κ3) is 2.37. The van der Waals surface area contributed by atoms with E-state index in [2.05, 4.69) is 4.98 Å². The van der Waals surface area contributed by atoms with Crippen LogP contribution in [0.5, 0.6) is 5.75 Å². The smallest absolute Gasteiger partial charge is 0.255 e. The van der Waals surface area contributed by atoms with Crippen molar-refractivity contribution in [2.24, 2.45) is 0 Å². The number of nitrogens with zero attached hydrogens (tertiary/aromatic N) is 1. The highest BCUT2D eigenvalue weighted by Gasteiger charge is 2.04. The standard InChI is InChI=1S/C13H12FNO/c1-10-5-2-3-6-11(10)9-16-12-7-4-8-15-13(12)14/h2-8H,9H2,1H3. The van der Waals surface area contributed by atoms with Gasteiger partial charge in [-0.25, -0.2) is 4.98 Å². The van der Waals surface area contributed by atoms with Crippen molar-refractivity contribution >= 4 is 0 Å². The Balaban J connectivity index is 2.09. The van der Waals surface area contributed by atoms with Crippen molar-refractivity contribution in [1.29, 1.82) is 0 Å². The molecule has 0 bridgehead atoms.